The first-order chi connectivity index (χ1) is 10.1. The van der Waals surface area contributed by atoms with Crippen molar-refractivity contribution in [3.8, 4) is 6.07 Å². The molecule has 4 nitrogen and oxygen atoms in total. The lowest BCUT2D eigenvalue weighted by molar-refractivity contribution is -0.116. The van der Waals surface area contributed by atoms with Crippen LogP contribution in [-0.2, 0) is 4.79 Å². The van der Waals surface area contributed by atoms with Gasteiger partial charge >= 0.3 is 0 Å². The quantitative estimate of drug-likeness (QED) is 0.904. The molecule has 0 aliphatic carbocycles. The number of carbonyl (C=O) groups excluding carboxylic acids is 1. The number of likely N-dealkylation sites (tertiary alicyclic amines) is 1. The van der Waals surface area contributed by atoms with Gasteiger partial charge in [-0.3, -0.25) is 9.69 Å². The Morgan fingerprint density at radius 2 is 2.29 bits per heavy atom. The van der Waals surface area contributed by atoms with Gasteiger partial charge in [-0.2, -0.15) is 5.26 Å². The van der Waals surface area contributed by atoms with Crippen LogP contribution in [0, 0.1) is 11.3 Å². The first-order valence-electron chi connectivity index (χ1n) is 7.69. The standard InChI is InChI=1S/C17H23N3O/c1-3-16-8-7-13(2)20(16)10-9-17(21)19-15-6-4-5-14(11-15)12-18/h4-6,11,13,16H,3,7-10H2,1-2H3,(H,19,21). The lowest BCUT2D eigenvalue weighted by Crippen LogP contribution is -2.36. The van der Waals surface area contributed by atoms with Crippen molar-refractivity contribution in [2.24, 2.45) is 0 Å². The Labute approximate surface area is 126 Å². The minimum absolute atomic E-state index is 0.0130. The van der Waals surface area contributed by atoms with E-state index in [1.807, 2.05) is 6.07 Å². The molecule has 0 spiro atoms. The highest BCUT2D eigenvalue weighted by Gasteiger charge is 2.28. The van der Waals surface area contributed by atoms with Crippen LogP contribution >= 0.6 is 0 Å². The number of hydrogen-bond acceptors (Lipinski definition) is 3. The molecule has 0 saturated carbocycles. The molecule has 1 saturated heterocycles. The smallest absolute Gasteiger partial charge is 0.225 e. The van der Waals surface area contributed by atoms with Crippen LogP contribution in [0.3, 0.4) is 0 Å². The molecule has 1 aliphatic heterocycles. The maximum Gasteiger partial charge on any atom is 0.225 e. The second-order valence-electron chi connectivity index (χ2n) is 5.72. The summed E-state index contributed by atoms with van der Waals surface area (Å²) in [6.45, 7) is 5.26. The Morgan fingerprint density at radius 1 is 1.48 bits per heavy atom. The molecule has 2 atom stereocenters. The second-order valence-corrected chi connectivity index (χ2v) is 5.72. The third-order valence-corrected chi connectivity index (χ3v) is 4.30. The van der Waals surface area contributed by atoms with Crippen LogP contribution in [0.4, 0.5) is 5.69 Å². The van der Waals surface area contributed by atoms with Crippen LogP contribution in [0.2, 0.25) is 0 Å². The highest BCUT2D eigenvalue weighted by molar-refractivity contribution is 5.90. The molecule has 4 heteroatoms. The summed E-state index contributed by atoms with van der Waals surface area (Å²) in [6.07, 6.45) is 4.11. The topological polar surface area (TPSA) is 56.1 Å². The molecule has 1 N–H and O–H groups in total. The monoisotopic (exact) mass is 285 g/mol. The molecule has 1 aromatic rings. The maximum atomic E-state index is 12.0. The molecule has 112 valence electrons. The minimum atomic E-state index is 0.0130. The van der Waals surface area contributed by atoms with Gasteiger partial charge in [-0.15, -0.1) is 0 Å². The van der Waals surface area contributed by atoms with Gasteiger partial charge in [0.2, 0.25) is 5.91 Å². The van der Waals surface area contributed by atoms with Crippen molar-refractivity contribution in [2.75, 3.05) is 11.9 Å². The van der Waals surface area contributed by atoms with Crippen molar-refractivity contribution in [2.45, 2.75) is 51.6 Å². The van der Waals surface area contributed by atoms with Crippen molar-refractivity contribution in [3.63, 3.8) is 0 Å². The van der Waals surface area contributed by atoms with E-state index < -0.39 is 0 Å². The van der Waals surface area contributed by atoms with E-state index in [9.17, 15) is 4.79 Å². The largest absolute Gasteiger partial charge is 0.326 e. The molecule has 2 rings (SSSR count). The van der Waals surface area contributed by atoms with Gasteiger partial charge in [-0.1, -0.05) is 13.0 Å². The molecule has 1 aromatic carbocycles. The summed E-state index contributed by atoms with van der Waals surface area (Å²) in [7, 11) is 0. The van der Waals surface area contributed by atoms with Crippen LogP contribution in [0.25, 0.3) is 0 Å². The van der Waals surface area contributed by atoms with Gasteiger partial charge in [-0.05, 0) is 44.4 Å². The van der Waals surface area contributed by atoms with Gasteiger partial charge in [0.05, 0.1) is 11.6 Å². The molecule has 0 radical (unpaired) electrons. The summed E-state index contributed by atoms with van der Waals surface area (Å²) in [5.41, 5.74) is 1.26. The number of hydrogen-bond donors (Lipinski definition) is 1. The molecule has 1 amide bonds. The number of nitrogens with one attached hydrogen (secondary N) is 1. The summed E-state index contributed by atoms with van der Waals surface area (Å²) in [4.78, 5) is 14.5. The second kappa shape index (κ2) is 7.24. The van der Waals surface area contributed by atoms with Crippen LogP contribution in [0.5, 0.6) is 0 Å². The summed E-state index contributed by atoms with van der Waals surface area (Å²) < 4.78 is 0. The van der Waals surface area contributed by atoms with Gasteiger partial charge in [0.15, 0.2) is 0 Å². The van der Waals surface area contributed by atoms with Gasteiger partial charge in [0, 0.05) is 30.7 Å². The predicted octanol–water partition coefficient (Wildman–Crippen LogP) is 3.15. The van der Waals surface area contributed by atoms with E-state index in [-0.39, 0.29) is 5.91 Å². The maximum absolute atomic E-state index is 12.0. The molecule has 1 fully saturated rings. The van der Waals surface area contributed by atoms with E-state index in [0.29, 0.717) is 29.8 Å². The Hall–Kier alpha value is -1.86. The molecular weight excluding hydrogens is 262 g/mol. The van der Waals surface area contributed by atoms with Crippen molar-refractivity contribution in [1.29, 1.82) is 5.26 Å². The highest BCUT2D eigenvalue weighted by atomic mass is 16.1. The van der Waals surface area contributed by atoms with Crippen molar-refractivity contribution in [3.05, 3.63) is 29.8 Å². The average Bonchev–Trinajstić information content (AvgIpc) is 2.85. The lowest BCUT2D eigenvalue weighted by atomic mass is 10.1. The Balaban J connectivity index is 1.86. The number of amides is 1. The highest BCUT2D eigenvalue weighted by Crippen LogP contribution is 2.25. The van der Waals surface area contributed by atoms with Crippen LogP contribution in [0.1, 0.15) is 45.1 Å². The number of nitrogens with zero attached hydrogens (tertiary/aromatic N) is 2. The minimum Gasteiger partial charge on any atom is -0.326 e. The van der Waals surface area contributed by atoms with Gasteiger partial charge in [0.1, 0.15) is 0 Å². The Morgan fingerprint density at radius 3 is 3.00 bits per heavy atom. The molecular formula is C17H23N3O. The first kappa shape index (κ1) is 15.5. The number of carbonyl (C=O) groups is 1. The number of benzene rings is 1. The van der Waals surface area contributed by atoms with E-state index in [1.165, 1.54) is 12.8 Å². The van der Waals surface area contributed by atoms with Gasteiger partial charge in [-0.25, -0.2) is 0 Å². The fourth-order valence-electron chi connectivity index (χ4n) is 3.09. The average molecular weight is 285 g/mol. The van der Waals surface area contributed by atoms with Crippen molar-refractivity contribution >= 4 is 11.6 Å². The number of rotatable bonds is 5. The van der Waals surface area contributed by atoms with Gasteiger partial charge in [0.25, 0.3) is 0 Å². The van der Waals surface area contributed by atoms with E-state index in [2.05, 4.69) is 30.1 Å². The lowest BCUT2D eigenvalue weighted by Gasteiger charge is -2.27. The predicted molar refractivity (Wildman–Crippen MR) is 83.9 cm³/mol. The van der Waals surface area contributed by atoms with Crippen LogP contribution in [0.15, 0.2) is 24.3 Å². The fraction of sp³-hybridized carbons (Fsp3) is 0.529. The fourth-order valence-corrected chi connectivity index (χ4v) is 3.09. The van der Waals surface area contributed by atoms with Crippen LogP contribution < -0.4 is 5.32 Å². The summed E-state index contributed by atoms with van der Waals surface area (Å²) in [5, 5.41) is 11.7. The van der Waals surface area contributed by atoms with Crippen molar-refractivity contribution in [1.82, 2.24) is 4.90 Å². The number of nitriles is 1. The summed E-state index contributed by atoms with van der Waals surface area (Å²) >= 11 is 0. The molecule has 0 aromatic heterocycles. The van der Waals surface area contributed by atoms with Crippen molar-refractivity contribution < 1.29 is 4.79 Å². The molecule has 2 unspecified atom stereocenters. The SMILES string of the molecule is CCC1CCC(C)N1CCC(=O)Nc1cccc(C#N)c1. The third-order valence-electron chi connectivity index (χ3n) is 4.30. The molecule has 0 bridgehead atoms. The normalized spacial score (nSPS) is 22.0. The summed E-state index contributed by atoms with van der Waals surface area (Å²) in [5.74, 6) is 0.0130. The Kier molecular flexibility index (Phi) is 5.35. The van der Waals surface area contributed by atoms with Gasteiger partial charge < -0.3 is 5.32 Å². The summed E-state index contributed by atoms with van der Waals surface area (Å²) in [6, 6.07) is 10.3. The Bertz CT molecular complexity index is 535. The van der Waals surface area contributed by atoms with Crippen LogP contribution in [-0.4, -0.2) is 29.4 Å². The van der Waals surface area contributed by atoms with E-state index in [4.69, 9.17) is 5.26 Å². The third kappa shape index (κ3) is 4.05. The van der Waals surface area contributed by atoms with E-state index in [1.54, 1.807) is 18.2 Å². The first-order valence-corrected chi connectivity index (χ1v) is 7.69. The zero-order chi connectivity index (χ0) is 15.2. The molecule has 21 heavy (non-hydrogen) atoms. The zero-order valence-electron chi connectivity index (χ0n) is 12.8. The zero-order valence-corrected chi connectivity index (χ0v) is 12.8. The molecule has 1 heterocycles. The molecule has 1 aliphatic rings. The number of anilines is 1. The van der Waals surface area contributed by atoms with E-state index in [0.717, 1.165) is 13.0 Å². The van der Waals surface area contributed by atoms with E-state index >= 15 is 0 Å².